The van der Waals surface area contributed by atoms with Crippen molar-refractivity contribution in [1.82, 2.24) is 14.1 Å². The third-order valence-electron chi connectivity index (χ3n) is 11.6. The van der Waals surface area contributed by atoms with Crippen molar-refractivity contribution in [3.8, 4) is 22.5 Å². The van der Waals surface area contributed by atoms with Crippen LogP contribution in [0, 0.1) is 0 Å². The summed E-state index contributed by atoms with van der Waals surface area (Å²) in [5.41, 5.74) is 10.1. The van der Waals surface area contributed by atoms with Gasteiger partial charge in [-0.1, -0.05) is 133 Å². The summed E-state index contributed by atoms with van der Waals surface area (Å²) in [4.78, 5) is 5.22. The van der Waals surface area contributed by atoms with Gasteiger partial charge in [-0.05, 0) is 93.2 Å². The fourth-order valence-electron chi connectivity index (χ4n) is 9.19. The number of para-hydroxylation sites is 4. The van der Waals surface area contributed by atoms with E-state index >= 15 is 0 Å². The minimum Gasteiger partial charge on any atom is -0.306 e. The second kappa shape index (κ2) is 12.6. The molecule has 0 spiro atoms. The summed E-state index contributed by atoms with van der Waals surface area (Å²) >= 11 is 1.88. The molecule has 0 radical (unpaired) electrons. The lowest BCUT2D eigenvalue weighted by molar-refractivity contribution is 1.09. The molecular weight excluding hydrogens is 711 g/mol. The minimum atomic E-state index is 0.976. The highest BCUT2D eigenvalue weighted by Gasteiger charge is 2.20. The molecule has 0 aliphatic carbocycles. The monoisotopic (exact) mass is 743 g/mol. The molecule has 0 N–H and O–H groups in total. The van der Waals surface area contributed by atoms with Crippen molar-refractivity contribution >= 4 is 96.8 Å². The number of pyridine rings is 1. The summed E-state index contributed by atoms with van der Waals surface area (Å²) < 4.78 is 7.46. The van der Waals surface area contributed by atoms with Crippen LogP contribution in [0.5, 0.6) is 0 Å². The SMILES string of the molecule is c1ccc(-n2c3ccccc3n(-c3ccccc3)c3cc4c(cc32)c2cccc(-c3cccc5c3sc3ccccc35)c2c2ccccc2c2cccnc24)cc1. The van der Waals surface area contributed by atoms with Crippen LogP contribution in [-0.2, 0) is 0 Å². The molecule has 4 heteroatoms. The lowest BCUT2D eigenvalue weighted by Crippen LogP contribution is -2.08. The maximum atomic E-state index is 5.22. The molecule has 0 saturated heterocycles. The van der Waals surface area contributed by atoms with Crippen LogP contribution in [-0.4, -0.2) is 14.1 Å². The Kier molecular flexibility index (Phi) is 7.10. The van der Waals surface area contributed by atoms with E-state index in [1.165, 1.54) is 52.8 Å². The number of fused-ring (bicyclic) bond motifs is 13. The molecule has 0 aliphatic heterocycles. The van der Waals surface area contributed by atoms with E-state index < -0.39 is 0 Å². The smallest absolute Gasteiger partial charge is 0.0787 e. The molecule has 3 aromatic heterocycles. The van der Waals surface area contributed by atoms with Gasteiger partial charge in [-0.25, -0.2) is 0 Å². The summed E-state index contributed by atoms with van der Waals surface area (Å²) in [7, 11) is 0. The van der Waals surface area contributed by atoms with Gasteiger partial charge in [0.25, 0.3) is 0 Å². The Bertz CT molecular complexity index is 3630. The fraction of sp³-hybridized carbons (Fsp3) is 0. The number of thiophene rings is 1. The highest BCUT2D eigenvalue weighted by Crippen LogP contribution is 2.45. The van der Waals surface area contributed by atoms with Crippen molar-refractivity contribution in [2.75, 3.05) is 0 Å². The lowest BCUT2D eigenvalue weighted by atomic mass is 9.90. The van der Waals surface area contributed by atoms with Crippen molar-refractivity contribution in [1.29, 1.82) is 0 Å². The first kappa shape index (κ1) is 32.0. The van der Waals surface area contributed by atoms with Crippen LogP contribution in [0.25, 0.3) is 108 Å². The molecule has 0 amide bonds. The fourth-order valence-corrected chi connectivity index (χ4v) is 10.4. The highest BCUT2D eigenvalue weighted by atomic mass is 32.1. The summed E-state index contributed by atoms with van der Waals surface area (Å²) in [5, 5.41) is 10.8. The number of rotatable bonds is 3. The van der Waals surface area contributed by atoms with Crippen molar-refractivity contribution in [3.63, 3.8) is 0 Å². The van der Waals surface area contributed by atoms with Crippen LogP contribution in [0.2, 0.25) is 0 Å². The molecule has 0 unspecified atom stereocenters. The van der Waals surface area contributed by atoms with Gasteiger partial charge in [-0.3, -0.25) is 4.98 Å². The Hall–Kier alpha value is -7.27. The van der Waals surface area contributed by atoms with Gasteiger partial charge in [0.15, 0.2) is 0 Å². The van der Waals surface area contributed by atoms with Crippen molar-refractivity contribution < 1.29 is 0 Å². The summed E-state index contributed by atoms with van der Waals surface area (Å²) in [6, 6.07) is 70.8. The van der Waals surface area contributed by atoms with Crippen molar-refractivity contribution in [3.05, 3.63) is 200 Å². The van der Waals surface area contributed by atoms with Crippen LogP contribution in [0.3, 0.4) is 0 Å². The Balaban J connectivity index is 1.36. The van der Waals surface area contributed by atoms with E-state index in [9.17, 15) is 0 Å². The molecule has 0 aliphatic rings. The second-order valence-electron chi connectivity index (χ2n) is 14.7. The molecule has 0 saturated carbocycles. The summed E-state index contributed by atoms with van der Waals surface area (Å²) in [6.07, 6.45) is 1.94. The predicted octanol–water partition coefficient (Wildman–Crippen LogP) is 14.7. The van der Waals surface area contributed by atoms with E-state index in [1.807, 2.05) is 17.5 Å². The van der Waals surface area contributed by atoms with Gasteiger partial charge in [0, 0.05) is 54.1 Å². The Morgan fingerprint density at radius 1 is 0.351 bits per heavy atom. The molecule has 0 atom stereocenters. The number of benzene rings is 8. The molecule has 12 rings (SSSR count). The average Bonchev–Trinajstić information content (AvgIpc) is 3.67. The zero-order chi connectivity index (χ0) is 37.5. The van der Waals surface area contributed by atoms with E-state index in [-0.39, 0.29) is 0 Å². The van der Waals surface area contributed by atoms with Crippen molar-refractivity contribution in [2.45, 2.75) is 0 Å². The topological polar surface area (TPSA) is 22.8 Å². The molecule has 266 valence electrons. The Morgan fingerprint density at radius 3 is 1.60 bits per heavy atom. The van der Waals surface area contributed by atoms with Crippen LogP contribution < -0.4 is 0 Å². The van der Waals surface area contributed by atoms with Gasteiger partial charge in [0.1, 0.15) is 0 Å². The summed E-state index contributed by atoms with van der Waals surface area (Å²) in [6.45, 7) is 0. The zero-order valence-corrected chi connectivity index (χ0v) is 31.6. The van der Waals surface area contributed by atoms with Gasteiger partial charge in [0.2, 0.25) is 0 Å². The third kappa shape index (κ3) is 4.81. The third-order valence-corrected chi connectivity index (χ3v) is 12.8. The molecule has 3 nitrogen and oxygen atoms in total. The minimum absolute atomic E-state index is 0.976. The van der Waals surface area contributed by atoms with Crippen LogP contribution >= 0.6 is 11.3 Å². The normalized spacial score (nSPS) is 11.9. The quantitative estimate of drug-likeness (QED) is 0.165. The van der Waals surface area contributed by atoms with Gasteiger partial charge >= 0.3 is 0 Å². The van der Waals surface area contributed by atoms with E-state index in [0.29, 0.717) is 0 Å². The van der Waals surface area contributed by atoms with Crippen LogP contribution in [0.15, 0.2) is 200 Å². The predicted molar refractivity (Wildman–Crippen MR) is 244 cm³/mol. The van der Waals surface area contributed by atoms with Gasteiger partial charge in [0.05, 0.1) is 27.6 Å². The first-order chi connectivity index (χ1) is 28.3. The van der Waals surface area contributed by atoms with Crippen LogP contribution in [0.1, 0.15) is 0 Å². The molecule has 3 heterocycles. The zero-order valence-electron chi connectivity index (χ0n) is 30.8. The first-order valence-electron chi connectivity index (χ1n) is 19.4. The number of aromatic nitrogens is 3. The Morgan fingerprint density at radius 2 is 0.877 bits per heavy atom. The van der Waals surface area contributed by atoms with Crippen LogP contribution in [0.4, 0.5) is 0 Å². The number of hydrogen-bond acceptors (Lipinski definition) is 2. The van der Waals surface area contributed by atoms with E-state index in [1.54, 1.807) is 0 Å². The largest absolute Gasteiger partial charge is 0.306 e. The molecular formula is C53H33N3S. The standard InChI is InChI=1S/C53H33N3S/c1-3-16-34(17-4-1)55-46-28-10-11-29-47(46)56(35-18-5-2-6-19-35)49-33-45-44(32-48(49)55)40-24-13-23-39(43-26-14-25-42-37-21-9-12-30-50(37)57-53(42)43)51(40)38-22-8-7-20-36(38)41-27-15-31-54-52(41)45/h1-33H. The van der Waals surface area contributed by atoms with Gasteiger partial charge in [-0.2, -0.15) is 0 Å². The van der Waals surface area contributed by atoms with Crippen molar-refractivity contribution in [2.24, 2.45) is 0 Å². The average molecular weight is 744 g/mol. The highest BCUT2D eigenvalue weighted by molar-refractivity contribution is 7.26. The second-order valence-corrected chi connectivity index (χ2v) is 15.7. The molecule has 12 aromatic rings. The summed E-state index contributed by atoms with van der Waals surface area (Å²) in [5.74, 6) is 0. The van der Waals surface area contributed by atoms with E-state index in [0.717, 1.165) is 55.1 Å². The van der Waals surface area contributed by atoms with E-state index in [2.05, 4.69) is 203 Å². The lowest BCUT2D eigenvalue weighted by Gasteiger charge is -2.23. The van der Waals surface area contributed by atoms with E-state index in [4.69, 9.17) is 4.98 Å². The van der Waals surface area contributed by atoms with Gasteiger partial charge < -0.3 is 9.13 Å². The Labute approximate surface area is 332 Å². The first-order valence-corrected chi connectivity index (χ1v) is 20.2. The molecule has 9 aromatic carbocycles. The molecule has 0 fully saturated rings. The van der Waals surface area contributed by atoms with Gasteiger partial charge in [-0.15, -0.1) is 11.3 Å². The number of hydrogen-bond donors (Lipinski definition) is 0. The maximum Gasteiger partial charge on any atom is 0.0787 e. The number of nitrogens with zero attached hydrogens (tertiary/aromatic N) is 3. The maximum absolute atomic E-state index is 5.22. The molecule has 0 bridgehead atoms. The molecule has 57 heavy (non-hydrogen) atoms.